The molecular formula is C17H25FN2O. The third kappa shape index (κ3) is 4.81. The second-order valence-corrected chi connectivity index (χ2v) is 6.10. The predicted molar refractivity (Wildman–Crippen MR) is 82.4 cm³/mol. The summed E-state index contributed by atoms with van der Waals surface area (Å²) in [4.78, 5) is 16.2. The van der Waals surface area contributed by atoms with E-state index in [0.717, 1.165) is 18.4 Å². The molecule has 0 spiro atoms. The van der Waals surface area contributed by atoms with Crippen LogP contribution in [0.1, 0.15) is 37.7 Å². The standard InChI is InChI=1S/C17H25FN2O/c1-19(12-14-7-6-8-15(18)11-14)13-17(21)20(2)16-9-4-3-5-10-16/h6-8,11,16H,3-5,9-10,12-13H2,1-2H3. The molecule has 1 amide bonds. The number of halogens is 1. The van der Waals surface area contributed by atoms with Gasteiger partial charge < -0.3 is 4.90 Å². The van der Waals surface area contributed by atoms with Gasteiger partial charge in [0.25, 0.3) is 0 Å². The van der Waals surface area contributed by atoms with Crippen molar-refractivity contribution in [2.45, 2.75) is 44.7 Å². The SMILES string of the molecule is CN(CC(=O)N(C)C1CCCCC1)Cc1cccc(F)c1. The Morgan fingerprint density at radius 3 is 2.62 bits per heavy atom. The van der Waals surface area contributed by atoms with E-state index in [1.54, 1.807) is 6.07 Å². The first-order valence-electron chi connectivity index (χ1n) is 7.75. The van der Waals surface area contributed by atoms with E-state index < -0.39 is 0 Å². The molecule has 0 unspecified atom stereocenters. The number of carbonyl (C=O) groups excluding carboxylic acids is 1. The van der Waals surface area contributed by atoms with Crippen LogP contribution >= 0.6 is 0 Å². The fraction of sp³-hybridized carbons (Fsp3) is 0.588. The molecule has 1 aromatic rings. The largest absolute Gasteiger partial charge is 0.342 e. The summed E-state index contributed by atoms with van der Waals surface area (Å²) < 4.78 is 13.2. The van der Waals surface area contributed by atoms with Crippen molar-refractivity contribution >= 4 is 5.91 Å². The Balaban J connectivity index is 1.83. The summed E-state index contributed by atoms with van der Waals surface area (Å²) in [6.45, 7) is 0.964. The molecule has 1 aliphatic carbocycles. The number of hydrogen-bond acceptors (Lipinski definition) is 2. The van der Waals surface area contributed by atoms with Crippen LogP contribution in [0.2, 0.25) is 0 Å². The van der Waals surface area contributed by atoms with Crippen LogP contribution in [0.3, 0.4) is 0 Å². The Bertz CT molecular complexity index is 472. The lowest BCUT2D eigenvalue weighted by Crippen LogP contribution is -2.43. The minimum Gasteiger partial charge on any atom is -0.342 e. The van der Waals surface area contributed by atoms with E-state index in [-0.39, 0.29) is 11.7 Å². The lowest BCUT2D eigenvalue weighted by Gasteiger charge is -2.32. The average molecular weight is 292 g/mol. The smallest absolute Gasteiger partial charge is 0.236 e. The zero-order chi connectivity index (χ0) is 15.2. The van der Waals surface area contributed by atoms with E-state index in [2.05, 4.69) is 0 Å². The van der Waals surface area contributed by atoms with E-state index in [4.69, 9.17) is 0 Å². The summed E-state index contributed by atoms with van der Waals surface area (Å²) in [5.74, 6) is -0.0765. The minimum absolute atomic E-state index is 0.154. The predicted octanol–water partition coefficient (Wildman–Crippen LogP) is 3.05. The highest BCUT2D eigenvalue weighted by molar-refractivity contribution is 5.78. The van der Waals surface area contributed by atoms with E-state index in [1.807, 2.05) is 30.0 Å². The fourth-order valence-electron chi connectivity index (χ4n) is 3.02. The second-order valence-electron chi connectivity index (χ2n) is 6.10. The van der Waals surface area contributed by atoms with E-state index >= 15 is 0 Å². The number of hydrogen-bond donors (Lipinski definition) is 0. The van der Waals surface area contributed by atoms with Crippen molar-refractivity contribution < 1.29 is 9.18 Å². The first kappa shape index (κ1) is 16.0. The van der Waals surface area contributed by atoms with Crippen LogP contribution in [0.5, 0.6) is 0 Å². The van der Waals surface area contributed by atoms with Crippen molar-refractivity contribution in [1.29, 1.82) is 0 Å². The summed E-state index contributed by atoms with van der Waals surface area (Å²) in [5.41, 5.74) is 0.894. The molecule has 0 radical (unpaired) electrons. The minimum atomic E-state index is -0.230. The molecule has 4 heteroatoms. The first-order chi connectivity index (χ1) is 10.1. The van der Waals surface area contributed by atoms with Crippen molar-refractivity contribution in [3.63, 3.8) is 0 Å². The van der Waals surface area contributed by atoms with Gasteiger partial charge in [0.05, 0.1) is 6.54 Å². The molecule has 0 bridgehead atoms. The summed E-state index contributed by atoms with van der Waals surface area (Å²) in [5, 5.41) is 0. The van der Waals surface area contributed by atoms with Gasteiger partial charge in [0.15, 0.2) is 0 Å². The molecule has 1 saturated carbocycles. The van der Waals surface area contributed by atoms with Gasteiger partial charge in [-0.25, -0.2) is 4.39 Å². The Morgan fingerprint density at radius 2 is 1.95 bits per heavy atom. The van der Waals surface area contributed by atoms with Crippen LogP contribution in [0.15, 0.2) is 24.3 Å². The summed E-state index contributed by atoms with van der Waals surface area (Å²) in [6, 6.07) is 6.94. The molecule has 0 atom stereocenters. The molecule has 0 aliphatic heterocycles. The van der Waals surface area contributed by atoms with Gasteiger partial charge in [-0.05, 0) is 37.6 Å². The molecule has 0 saturated heterocycles. The third-order valence-corrected chi connectivity index (χ3v) is 4.26. The Kier molecular flexibility index (Phi) is 5.74. The van der Waals surface area contributed by atoms with E-state index in [1.165, 1.54) is 31.4 Å². The molecule has 2 rings (SSSR count). The second kappa shape index (κ2) is 7.55. The number of nitrogens with zero attached hydrogens (tertiary/aromatic N) is 2. The van der Waals surface area contributed by atoms with Crippen LogP contribution in [-0.4, -0.2) is 42.4 Å². The van der Waals surface area contributed by atoms with Crippen molar-refractivity contribution in [3.05, 3.63) is 35.6 Å². The quantitative estimate of drug-likeness (QED) is 0.833. The van der Waals surface area contributed by atoms with Crippen LogP contribution in [-0.2, 0) is 11.3 Å². The van der Waals surface area contributed by atoms with Crippen molar-refractivity contribution in [2.75, 3.05) is 20.6 Å². The van der Waals surface area contributed by atoms with Crippen molar-refractivity contribution in [1.82, 2.24) is 9.80 Å². The van der Waals surface area contributed by atoms with Gasteiger partial charge in [-0.3, -0.25) is 9.69 Å². The molecule has 1 aliphatic rings. The highest BCUT2D eigenvalue weighted by atomic mass is 19.1. The number of rotatable bonds is 5. The Hall–Kier alpha value is -1.42. The molecule has 0 N–H and O–H groups in total. The lowest BCUT2D eigenvalue weighted by molar-refractivity contribution is -0.133. The van der Waals surface area contributed by atoms with E-state index in [0.29, 0.717) is 19.1 Å². The van der Waals surface area contributed by atoms with Gasteiger partial charge >= 0.3 is 0 Å². The number of likely N-dealkylation sites (N-methyl/N-ethyl adjacent to an activating group) is 2. The van der Waals surface area contributed by atoms with Gasteiger partial charge in [-0.1, -0.05) is 31.4 Å². The van der Waals surface area contributed by atoms with Gasteiger partial charge in [-0.15, -0.1) is 0 Å². The van der Waals surface area contributed by atoms with Gasteiger partial charge in [0.1, 0.15) is 5.82 Å². The zero-order valence-corrected chi connectivity index (χ0v) is 13.0. The molecular weight excluding hydrogens is 267 g/mol. The molecule has 1 aromatic carbocycles. The summed E-state index contributed by atoms with van der Waals surface area (Å²) >= 11 is 0. The van der Waals surface area contributed by atoms with E-state index in [9.17, 15) is 9.18 Å². The topological polar surface area (TPSA) is 23.6 Å². The van der Waals surface area contributed by atoms with Crippen molar-refractivity contribution in [2.24, 2.45) is 0 Å². The first-order valence-corrected chi connectivity index (χ1v) is 7.75. The van der Waals surface area contributed by atoms with Crippen molar-refractivity contribution in [3.8, 4) is 0 Å². The monoisotopic (exact) mass is 292 g/mol. The van der Waals surface area contributed by atoms with Gasteiger partial charge in [-0.2, -0.15) is 0 Å². The van der Waals surface area contributed by atoms with Crippen LogP contribution in [0, 0.1) is 5.82 Å². The fourth-order valence-corrected chi connectivity index (χ4v) is 3.02. The maximum absolute atomic E-state index is 13.2. The Labute approximate surface area is 126 Å². The lowest BCUT2D eigenvalue weighted by atomic mass is 9.94. The molecule has 0 heterocycles. The number of carbonyl (C=O) groups is 1. The average Bonchev–Trinajstić information content (AvgIpc) is 2.47. The molecule has 1 fully saturated rings. The molecule has 116 valence electrons. The van der Waals surface area contributed by atoms with Crippen LogP contribution < -0.4 is 0 Å². The zero-order valence-electron chi connectivity index (χ0n) is 13.0. The summed E-state index contributed by atoms with van der Waals surface area (Å²) in [7, 11) is 3.81. The molecule has 21 heavy (non-hydrogen) atoms. The molecule has 3 nitrogen and oxygen atoms in total. The highest BCUT2D eigenvalue weighted by Crippen LogP contribution is 2.21. The highest BCUT2D eigenvalue weighted by Gasteiger charge is 2.22. The normalized spacial score (nSPS) is 16.2. The molecule has 0 aromatic heterocycles. The Morgan fingerprint density at radius 1 is 1.24 bits per heavy atom. The van der Waals surface area contributed by atoms with Gasteiger partial charge in [0, 0.05) is 19.6 Å². The number of benzene rings is 1. The van der Waals surface area contributed by atoms with Gasteiger partial charge in [0.2, 0.25) is 5.91 Å². The van der Waals surface area contributed by atoms with Crippen LogP contribution in [0.25, 0.3) is 0 Å². The number of amides is 1. The maximum Gasteiger partial charge on any atom is 0.236 e. The maximum atomic E-state index is 13.2. The van der Waals surface area contributed by atoms with Crippen LogP contribution in [0.4, 0.5) is 4.39 Å². The third-order valence-electron chi connectivity index (χ3n) is 4.26. The summed E-state index contributed by atoms with van der Waals surface area (Å²) in [6.07, 6.45) is 5.98.